The molecule has 4 rings (SSSR count). The SMILES string of the molecule is CCc1ccc(N2CCn3c2nc2c3c(=O)n(CC(=O)OC)c(=O)n2C)cc1. The number of hydrogen-bond donors (Lipinski definition) is 0. The van der Waals surface area contributed by atoms with Gasteiger partial charge in [-0.15, -0.1) is 0 Å². The van der Waals surface area contributed by atoms with Gasteiger partial charge in [0, 0.05) is 25.8 Å². The summed E-state index contributed by atoms with van der Waals surface area (Å²) >= 11 is 0. The fraction of sp³-hybridized carbons (Fsp3) is 0.368. The molecule has 0 spiro atoms. The fourth-order valence-electron chi connectivity index (χ4n) is 3.57. The molecule has 0 saturated carbocycles. The van der Waals surface area contributed by atoms with Crippen LogP contribution in [0, 0.1) is 0 Å². The summed E-state index contributed by atoms with van der Waals surface area (Å²) in [5.74, 6) is -0.0421. The Labute approximate surface area is 160 Å². The summed E-state index contributed by atoms with van der Waals surface area (Å²) in [6.45, 7) is 2.90. The lowest BCUT2D eigenvalue weighted by Gasteiger charge is -2.16. The van der Waals surface area contributed by atoms with Gasteiger partial charge in [-0.2, -0.15) is 4.98 Å². The van der Waals surface area contributed by atoms with Crippen LogP contribution in [0.4, 0.5) is 11.6 Å². The van der Waals surface area contributed by atoms with Crippen LogP contribution in [0.1, 0.15) is 12.5 Å². The number of aromatic nitrogens is 4. The predicted molar refractivity (Wildman–Crippen MR) is 104 cm³/mol. The number of imidazole rings is 1. The molecule has 1 aliphatic rings. The Morgan fingerprint density at radius 1 is 1.18 bits per heavy atom. The van der Waals surface area contributed by atoms with Crippen LogP contribution in [0.2, 0.25) is 0 Å². The Morgan fingerprint density at radius 3 is 2.54 bits per heavy atom. The molecule has 0 bridgehead atoms. The highest BCUT2D eigenvalue weighted by Gasteiger charge is 2.29. The van der Waals surface area contributed by atoms with Gasteiger partial charge >= 0.3 is 11.7 Å². The summed E-state index contributed by atoms with van der Waals surface area (Å²) in [5, 5.41) is 0. The number of nitrogens with zero attached hydrogens (tertiary/aromatic N) is 5. The number of hydrogen-bond acceptors (Lipinski definition) is 6. The van der Waals surface area contributed by atoms with Crippen molar-refractivity contribution in [1.82, 2.24) is 18.7 Å². The molecule has 0 aliphatic carbocycles. The predicted octanol–water partition coefficient (Wildman–Crippen LogP) is 0.784. The van der Waals surface area contributed by atoms with E-state index in [2.05, 4.69) is 28.8 Å². The Morgan fingerprint density at radius 2 is 1.89 bits per heavy atom. The number of ether oxygens (including phenoxy) is 1. The van der Waals surface area contributed by atoms with E-state index in [1.165, 1.54) is 17.2 Å². The molecule has 9 heteroatoms. The molecule has 0 atom stereocenters. The maximum Gasteiger partial charge on any atom is 0.333 e. The molecule has 9 nitrogen and oxygen atoms in total. The second-order valence-corrected chi connectivity index (χ2v) is 6.72. The van der Waals surface area contributed by atoms with Gasteiger partial charge < -0.3 is 14.2 Å². The van der Waals surface area contributed by atoms with Crippen LogP contribution < -0.4 is 16.1 Å². The third-order valence-corrected chi connectivity index (χ3v) is 5.17. The van der Waals surface area contributed by atoms with Gasteiger partial charge in [0.25, 0.3) is 5.56 Å². The summed E-state index contributed by atoms with van der Waals surface area (Å²) in [6.07, 6.45) is 0.959. The molecule has 1 aromatic carbocycles. The molecule has 0 saturated heterocycles. The summed E-state index contributed by atoms with van der Waals surface area (Å²) in [4.78, 5) is 43.8. The minimum Gasteiger partial charge on any atom is -0.468 e. The highest BCUT2D eigenvalue weighted by atomic mass is 16.5. The van der Waals surface area contributed by atoms with Gasteiger partial charge in [0.15, 0.2) is 11.2 Å². The van der Waals surface area contributed by atoms with Crippen LogP contribution in [-0.4, -0.2) is 38.3 Å². The van der Waals surface area contributed by atoms with Gasteiger partial charge in [0.1, 0.15) is 6.54 Å². The first kappa shape index (κ1) is 18.0. The second-order valence-electron chi connectivity index (χ2n) is 6.72. The minimum atomic E-state index is -0.655. The van der Waals surface area contributed by atoms with E-state index in [1.54, 1.807) is 11.6 Å². The van der Waals surface area contributed by atoms with E-state index in [9.17, 15) is 14.4 Å². The molecular formula is C19H21N5O4. The van der Waals surface area contributed by atoms with E-state index in [-0.39, 0.29) is 0 Å². The number of benzene rings is 1. The van der Waals surface area contributed by atoms with E-state index in [0.29, 0.717) is 30.2 Å². The van der Waals surface area contributed by atoms with Crippen molar-refractivity contribution in [2.75, 3.05) is 18.6 Å². The van der Waals surface area contributed by atoms with Crippen LogP contribution in [0.3, 0.4) is 0 Å². The third-order valence-electron chi connectivity index (χ3n) is 5.17. The monoisotopic (exact) mass is 383 g/mol. The number of fused-ring (bicyclic) bond motifs is 3. The largest absolute Gasteiger partial charge is 0.468 e. The van der Waals surface area contributed by atoms with Crippen molar-refractivity contribution in [1.29, 1.82) is 0 Å². The molecule has 28 heavy (non-hydrogen) atoms. The summed E-state index contributed by atoms with van der Waals surface area (Å²) in [5.41, 5.74) is 1.70. The van der Waals surface area contributed by atoms with Gasteiger partial charge in [0.2, 0.25) is 5.95 Å². The molecule has 146 valence electrons. The van der Waals surface area contributed by atoms with E-state index in [1.807, 2.05) is 17.0 Å². The number of aryl methyl sites for hydroxylation is 2. The van der Waals surface area contributed by atoms with E-state index >= 15 is 0 Å². The maximum atomic E-state index is 13.0. The topological polar surface area (TPSA) is 91.4 Å². The van der Waals surface area contributed by atoms with Crippen molar-refractivity contribution in [3.8, 4) is 0 Å². The lowest BCUT2D eigenvalue weighted by Crippen LogP contribution is -2.41. The molecule has 0 radical (unpaired) electrons. The van der Waals surface area contributed by atoms with Crippen molar-refractivity contribution in [2.24, 2.45) is 7.05 Å². The Bertz CT molecular complexity index is 1190. The first-order valence-electron chi connectivity index (χ1n) is 9.09. The Kier molecular flexibility index (Phi) is 4.29. The highest BCUT2D eigenvalue weighted by molar-refractivity contribution is 5.78. The van der Waals surface area contributed by atoms with Crippen molar-refractivity contribution in [3.05, 3.63) is 50.7 Å². The number of carbonyl (C=O) groups excluding carboxylic acids is 1. The van der Waals surface area contributed by atoms with Crippen LogP contribution >= 0.6 is 0 Å². The minimum absolute atomic E-state index is 0.306. The summed E-state index contributed by atoms with van der Waals surface area (Å²) in [6, 6.07) is 8.20. The van der Waals surface area contributed by atoms with Gasteiger partial charge in [-0.1, -0.05) is 19.1 Å². The molecule has 1 aliphatic heterocycles. The van der Waals surface area contributed by atoms with Crippen LogP contribution in [-0.2, 0) is 36.1 Å². The number of esters is 1. The van der Waals surface area contributed by atoms with E-state index < -0.39 is 23.8 Å². The van der Waals surface area contributed by atoms with Crippen LogP contribution in [0.25, 0.3) is 11.2 Å². The van der Waals surface area contributed by atoms with Gasteiger partial charge in [-0.3, -0.25) is 14.2 Å². The zero-order valence-electron chi connectivity index (χ0n) is 16.0. The lowest BCUT2D eigenvalue weighted by molar-refractivity contribution is -0.141. The zero-order valence-corrected chi connectivity index (χ0v) is 16.0. The van der Waals surface area contributed by atoms with Gasteiger partial charge in [-0.25, -0.2) is 9.36 Å². The van der Waals surface area contributed by atoms with Gasteiger partial charge in [-0.05, 0) is 24.1 Å². The van der Waals surface area contributed by atoms with Crippen molar-refractivity contribution in [2.45, 2.75) is 26.4 Å². The third kappa shape index (κ3) is 2.62. The number of anilines is 2. The fourth-order valence-corrected chi connectivity index (χ4v) is 3.57. The first-order chi connectivity index (χ1) is 13.5. The van der Waals surface area contributed by atoms with E-state index in [0.717, 1.165) is 16.7 Å². The molecule has 3 heterocycles. The molecular weight excluding hydrogens is 362 g/mol. The van der Waals surface area contributed by atoms with Crippen LogP contribution in [0.15, 0.2) is 33.9 Å². The summed E-state index contributed by atoms with van der Waals surface area (Å²) in [7, 11) is 2.76. The van der Waals surface area contributed by atoms with Crippen molar-refractivity contribution < 1.29 is 9.53 Å². The normalized spacial score (nSPS) is 13.2. The molecule has 0 fully saturated rings. The molecule has 0 unspecified atom stereocenters. The van der Waals surface area contributed by atoms with Crippen molar-refractivity contribution >= 4 is 28.8 Å². The molecule has 2 aromatic heterocycles. The average Bonchev–Trinajstić information content (AvgIpc) is 3.29. The quantitative estimate of drug-likeness (QED) is 0.619. The summed E-state index contributed by atoms with van der Waals surface area (Å²) < 4.78 is 8.60. The zero-order chi connectivity index (χ0) is 20.0. The van der Waals surface area contributed by atoms with Gasteiger partial charge in [0.05, 0.1) is 7.11 Å². The lowest BCUT2D eigenvalue weighted by atomic mass is 10.1. The molecule has 0 amide bonds. The maximum absolute atomic E-state index is 13.0. The first-order valence-corrected chi connectivity index (χ1v) is 9.09. The van der Waals surface area contributed by atoms with Crippen molar-refractivity contribution in [3.63, 3.8) is 0 Å². The molecule has 0 N–H and O–H groups in total. The standard InChI is InChI=1S/C19H21N5O4/c1-4-12-5-7-13(8-6-12)22-9-10-23-15-16(20-18(22)23)21(2)19(27)24(17(15)26)11-14(25)28-3/h5-8H,4,9-11H2,1-3H3. The van der Waals surface area contributed by atoms with Crippen LogP contribution in [0.5, 0.6) is 0 Å². The number of rotatable bonds is 4. The Hall–Kier alpha value is -3.36. The van der Waals surface area contributed by atoms with E-state index in [4.69, 9.17) is 0 Å². The average molecular weight is 383 g/mol. The highest BCUT2D eigenvalue weighted by Crippen LogP contribution is 2.31. The Balaban J connectivity index is 1.88. The molecule has 3 aromatic rings. The number of methoxy groups -OCH3 is 1. The smallest absolute Gasteiger partial charge is 0.333 e. The number of carbonyl (C=O) groups is 1. The second kappa shape index (κ2) is 6.66.